The number of likely N-dealkylation sites (tertiary alicyclic amines) is 1. The number of rotatable bonds is 7. The van der Waals surface area contributed by atoms with Crippen molar-refractivity contribution in [1.29, 1.82) is 5.26 Å². The molecule has 2 aromatic rings. The topological polar surface area (TPSA) is 120 Å². The molecule has 0 bridgehead atoms. The Balaban J connectivity index is 1.58. The number of aryl methyl sites for hydroxylation is 1. The van der Waals surface area contributed by atoms with E-state index in [1.165, 1.54) is 6.20 Å². The number of alkyl halides is 2. The molecule has 1 aliphatic heterocycles. The van der Waals surface area contributed by atoms with E-state index in [4.69, 9.17) is 5.26 Å². The number of carbonyl (C=O) groups is 3. The van der Waals surface area contributed by atoms with Crippen LogP contribution in [-0.2, 0) is 16.1 Å². The Bertz CT molecular complexity index is 1120. The highest BCUT2D eigenvalue weighted by atomic mass is 19.3. The van der Waals surface area contributed by atoms with Crippen LogP contribution in [0.4, 0.5) is 14.5 Å². The van der Waals surface area contributed by atoms with E-state index in [9.17, 15) is 23.2 Å². The van der Waals surface area contributed by atoms with Crippen LogP contribution in [0.15, 0.2) is 30.5 Å². The summed E-state index contributed by atoms with van der Waals surface area (Å²) >= 11 is 0. The molecule has 2 N–H and O–H groups in total. The summed E-state index contributed by atoms with van der Waals surface area (Å²) < 4.78 is 28.6. The molecule has 1 aromatic heterocycles. The Morgan fingerprint density at radius 3 is 2.56 bits per heavy atom. The Hall–Kier alpha value is -3.81. The first-order valence-corrected chi connectivity index (χ1v) is 10.8. The van der Waals surface area contributed by atoms with E-state index in [-0.39, 0.29) is 17.4 Å². The fourth-order valence-corrected chi connectivity index (χ4v) is 3.54. The lowest BCUT2D eigenvalue weighted by Crippen LogP contribution is -2.43. The zero-order chi connectivity index (χ0) is 25.0. The first-order valence-electron chi connectivity index (χ1n) is 10.8. The number of hydrogen-bond acceptors (Lipinski definition) is 5. The highest BCUT2D eigenvalue weighted by molar-refractivity contribution is 5.97. The fraction of sp³-hybridized carbons (Fsp3) is 0.435. The summed E-state index contributed by atoms with van der Waals surface area (Å²) in [5.41, 5.74) is 2.26. The third-order valence-corrected chi connectivity index (χ3v) is 5.42. The van der Waals surface area contributed by atoms with Crippen LogP contribution in [0.2, 0.25) is 0 Å². The molecule has 180 valence electrons. The quantitative estimate of drug-likeness (QED) is 0.641. The Kier molecular flexibility index (Phi) is 7.29. The van der Waals surface area contributed by atoms with Gasteiger partial charge in [0.2, 0.25) is 11.8 Å². The fourth-order valence-electron chi connectivity index (χ4n) is 3.54. The maximum absolute atomic E-state index is 13.5. The predicted octanol–water partition coefficient (Wildman–Crippen LogP) is 2.32. The molecule has 1 fully saturated rings. The zero-order valence-corrected chi connectivity index (χ0v) is 19.1. The van der Waals surface area contributed by atoms with Crippen LogP contribution < -0.4 is 10.6 Å². The van der Waals surface area contributed by atoms with Crippen molar-refractivity contribution in [2.45, 2.75) is 45.7 Å². The van der Waals surface area contributed by atoms with Gasteiger partial charge in [0.05, 0.1) is 37.0 Å². The van der Waals surface area contributed by atoms with Crippen molar-refractivity contribution < 1.29 is 23.2 Å². The summed E-state index contributed by atoms with van der Waals surface area (Å²) in [5.74, 6) is -4.63. The number of nitriles is 1. The molecule has 11 heteroatoms. The summed E-state index contributed by atoms with van der Waals surface area (Å²) in [6.45, 7) is 4.30. The molecule has 0 aliphatic carbocycles. The number of nitrogens with zero attached hydrogens (tertiary/aromatic N) is 4. The average molecular weight is 472 g/mol. The van der Waals surface area contributed by atoms with E-state index in [1.807, 2.05) is 12.1 Å². The molecule has 2 heterocycles. The summed E-state index contributed by atoms with van der Waals surface area (Å²) in [4.78, 5) is 37.4. The zero-order valence-electron chi connectivity index (χ0n) is 19.1. The number of halogens is 2. The third-order valence-electron chi connectivity index (χ3n) is 5.42. The molecule has 1 aromatic carbocycles. The second-order valence-electron chi connectivity index (χ2n) is 8.58. The molecule has 0 radical (unpaired) electrons. The van der Waals surface area contributed by atoms with Gasteiger partial charge in [-0.1, -0.05) is 26.0 Å². The van der Waals surface area contributed by atoms with Crippen LogP contribution in [-0.4, -0.2) is 57.5 Å². The minimum Gasteiger partial charge on any atom is -0.343 e. The van der Waals surface area contributed by atoms with E-state index in [0.29, 0.717) is 17.9 Å². The molecule has 0 spiro atoms. The minimum atomic E-state index is -3.12. The van der Waals surface area contributed by atoms with Gasteiger partial charge in [-0.3, -0.25) is 19.1 Å². The maximum Gasteiger partial charge on any atom is 0.268 e. The van der Waals surface area contributed by atoms with Gasteiger partial charge < -0.3 is 15.5 Å². The molecule has 0 unspecified atom stereocenters. The van der Waals surface area contributed by atoms with Gasteiger partial charge in [-0.2, -0.15) is 10.4 Å². The smallest absolute Gasteiger partial charge is 0.268 e. The van der Waals surface area contributed by atoms with Crippen LogP contribution in [0.5, 0.6) is 0 Å². The molecule has 1 atom stereocenters. The summed E-state index contributed by atoms with van der Waals surface area (Å²) in [6.07, 6.45) is 0.825. The number of aromatic nitrogens is 2. The number of carbonyl (C=O) groups excluding carboxylic acids is 3. The van der Waals surface area contributed by atoms with Gasteiger partial charge in [0.25, 0.3) is 11.8 Å². The van der Waals surface area contributed by atoms with E-state index < -0.39 is 43.3 Å². The number of hydrogen-bond donors (Lipinski definition) is 2. The van der Waals surface area contributed by atoms with Crippen LogP contribution in [0.1, 0.15) is 41.9 Å². The molecule has 34 heavy (non-hydrogen) atoms. The van der Waals surface area contributed by atoms with Crippen molar-refractivity contribution in [2.75, 3.05) is 18.4 Å². The molecule has 3 amide bonds. The van der Waals surface area contributed by atoms with Crippen LogP contribution in [0.25, 0.3) is 0 Å². The Labute approximate surface area is 195 Å². The van der Waals surface area contributed by atoms with Crippen molar-refractivity contribution in [1.82, 2.24) is 20.0 Å². The maximum atomic E-state index is 13.5. The van der Waals surface area contributed by atoms with Gasteiger partial charge >= 0.3 is 0 Å². The van der Waals surface area contributed by atoms with Crippen LogP contribution in [0, 0.1) is 24.2 Å². The van der Waals surface area contributed by atoms with Crippen molar-refractivity contribution in [3.05, 3.63) is 47.3 Å². The lowest BCUT2D eigenvalue weighted by atomic mass is 10.1. The highest BCUT2D eigenvalue weighted by Gasteiger charge is 2.47. The Morgan fingerprint density at radius 2 is 1.94 bits per heavy atom. The lowest BCUT2D eigenvalue weighted by molar-refractivity contribution is -0.131. The highest BCUT2D eigenvalue weighted by Crippen LogP contribution is 2.31. The Morgan fingerprint density at radius 1 is 1.26 bits per heavy atom. The SMILES string of the molecule is Cc1nn(Cc2ccc(NC(=O)C(C)C)cc2)cc1C(=O)NCC(=O)N1CC(F)(F)C[C@H]1C#N. The third kappa shape index (κ3) is 5.95. The first kappa shape index (κ1) is 24.8. The molecule has 0 saturated carbocycles. The van der Waals surface area contributed by atoms with E-state index in [0.717, 1.165) is 10.5 Å². The van der Waals surface area contributed by atoms with Gasteiger partial charge in [-0.05, 0) is 24.6 Å². The molecular weight excluding hydrogens is 446 g/mol. The number of amides is 3. The van der Waals surface area contributed by atoms with Crippen molar-refractivity contribution in [2.24, 2.45) is 5.92 Å². The number of benzene rings is 1. The molecule has 1 aliphatic rings. The van der Waals surface area contributed by atoms with Gasteiger partial charge in [0.15, 0.2) is 0 Å². The van der Waals surface area contributed by atoms with Gasteiger partial charge in [0.1, 0.15) is 6.04 Å². The van der Waals surface area contributed by atoms with Crippen LogP contribution in [0.3, 0.4) is 0 Å². The molecule has 3 rings (SSSR count). The van der Waals surface area contributed by atoms with Crippen molar-refractivity contribution >= 4 is 23.4 Å². The van der Waals surface area contributed by atoms with Crippen molar-refractivity contribution in [3.63, 3.8) is 0 Å². The average Bonchev–Trinajstić information content (AvgIpc) is 3.31. The van der Waals surface area contributed by atoms with E-state index in [1.54, 1.807) is 43.7 Å². The predicted molar refractivity (Wildman–Crippen MR) is 119 cm³/mol. The second kappa shape index (κ2) is 9.99. The molecule has 9 nitrogen and oxygen atoms in total. The van der Waals surface area contributed by atoms with Gasteiger partial charge in [-0.25, -0.2) is 8.78 Å². The minimum absolute atomic E-state index is 0.0776. The molecular formula is C23H26F2N6O3. The monoisotopic (exact) mass is 472 g/mol. The first-order chi connectivity index (χ1) is 16.0. The summed E-state index contributed by atoms with van der Waals surface area (Å²) in [5, 5.41) is 18.6. The second-order valence-corrected chi connectivity index (χ2v) is 8.58. The number of nitrogens with one attached hydrogen (secondary N) is 2. The normalized spacial score (nSPS) is 16.9. The van der Waals surface area contributed by atoms with E-state index >= 15 is 0 Å². The summed E-state index contributed by atoms with van der Waals surface area (Å²) in [7, 11) is 0. The van der Waals surface area contributed by atoms with Crippen LogP contribution >= 0.6 is 0 Å². The van der Waals surface area contributed by atoms with Crippen molar-refractivity contribution in [3.8, 4) is 6.07 Å². The van der Waals surface area contributed by atoms with Gasteiger partial charge in [-0.15, -0.1) is 0 Å². The standard InChI is InChI=1S/C23H26F2N6O3/c1-14(2)21(33)28-17-6-4-16(5-7-17)11-30-12-19(15(3)29-30)22(34)27-10-20(32)31-13-23(24,25)8-18(31)9-26/h4-7,12,14,18H,8,10-11,13H2,1-3H3,(H,27,34)(H,28,33)/t18-/m0/s1. The van der Waals surface area contributed by atoms with Gasteiger partial charge in [0, 0.05) is 24.2 Å². The molecule has 1 saturated heterocycles. The van der Waals surface area contributed by atoms with E-state index in [2.05, 4.69) is 15.7 Å². The lowest BCUT2D eigenvalue weighted by Gasteiger charge is -2.19. The largest absolute Gasteiger partial charge is 0.343 e. The summed E-state index contributed by atoms with van der Waals surface area (Å²) in [6, 6.07) is 7.72. The number of anilines is 1.